The zero-order valence-electron chi connectivity index (χ0n) is 19.2. The molecule has 3 aromatic carbocycles. The van der Waals surface area contributed by atoms with Crippen LogP contribution in [0.4, 0.5) is 5.69 Å². The van der Waals surface area contributed by atoms with Gasteiger partial charge in [-0.05, 0) is 59.9 Å². The topological polar surface area (TPSA) is 87.9 Å². The Hall–Kier alpha value is -4.37. The number of aryl methyl sites for hydroxylation is 2. The van der Waals surface area contributed by atoms with Gasteiger partial charge in [-0.15, -0.1) is 0 Å². The van der Waals surface area contributed by atoms with Crippen LogP contribution in [0.3, 0.4) is 0 Å². The second kappa shape index (κ2) is 10.5. The van der Waals surface area contributed by atoms with Gasteiger partial charge in [0.05, 0.1) is 30.2 Å². The smallest absolute Gasteiger partial charge is 0.249 e. The Bertz CT molecular complexity index is 1300. The number of carbonyl (C=O) groups is 1. The van der Waals surface area contributed by atoms with Gasteiger partial charge in [0.15, 0.2) is 0 Å². The predicted octanol–water partition coefficient (Wildman–Crippen LogP) is 4.70. The van der Waals surface area contributed by atoms with E-state index in [0.29, 0.717) is 11.1 Å². The van der Waals surface area contributed by atoms with Crippen LogP contribution >= 0.6 is 0 Å². The summed E-state index contributed by atoms with van der Waals surface area (Å²) in [5.74, 6) is -0.420. The Morgan fingerprint density at radius 3 is 2.44 bits per heavy atom. The summed E-state index contributed by atoms with van der Waals surface area (Å²) in [7, 11) is 2.00. The minimum Gasteiger partial charge on any atom is -0.366 e. The molecule has 1 heterocycles. The number of aromatic nitrogens is 2. The first kappa shape index (κ1) is 22.8. The molecule has 0 fully saturated rings. The first-order valence-corrected chi connectivity index (χ1v) is 11.2. The molecule has 0 spiro atoms. The molecular formula is C28H27N5O. The molecule has 0 bridgehead atoms. The molecule has 0 unspecified atom stereocenters. The molecule has 0 aliphatic rings. The van der Waals surface area contributed by atoms with Gasteiger partial charge in [-0.3, -0.25) is 4.79 Å². The minimum atomic E-state index is -0.420. The predicted molar refractivity (Wildman–Crippen MR) is 134 cm³/mol. The molecule has 0 radical (unpaired) electrons. The number of imidazole rings is 1. The van der Waals surface area contributed by atoms with Crippen molar-refractivity contribution in [3.8, 4) is 17.2 Å². The van der Waals surface area contributed by atoms with Crippen molar-refractivity contribution in [2.24, 2.45) is 12.8 Å². The lowest BCUT2D eigenvalue weighted by atomic mass is 9.97. The molecule has 1 aromatic heterocycles. The minimum absolute atomic E-state index is 0.420. The molecule has 2 N–H and O–H groups in total. The fraction of sp³-hybridized carbons (Fsp3) is 0.179. The molecule has 0 aliphatic carbocycles. The van der Waals surface area contributed by atoms with Crippen molar-refractivity contribution in [1.29, 1.82) is 5.26 Å². The SMILES string of the molecule is Cn1cncc1CN(CCCc1ccc(-c2ccccc2C(N)=O)cc1)c1ccc(C#N)cc1. The molecule has 4 rings (SSSR count). The molecule has 0 atom stereocenters. The van der Waals surface area contributed by atoms with E-state index in [0.717, 1.165) is 48.4 Å². The second-order valence-electron chi connectivity index (χ2n) is 8.29. The highest BCUT2D eigenvalue weighted by atomic mass is 16.1. The van der Waals surface area contributed by atoms with Gasteiger partial charge >= 0.3 is 0 Å². The van der Waals surface area contributed by atoms with Crippen molar-refractivity contribution < 1.29 is 4.79 Å². The zero-order chi connectivity index (χ0) is 23.9. The Morgan fingerprint density at radius 1 is 1.06 bits per heavy atom. The maximum absolute atomic E-state index is 11.8. The van der Waals surface area contributed by atoms with E-state index in [1.807, 2.05) is 78.7 Å². The average Bonchev–Trinajstić information content (AvgIpc) is 3.28. The van der Waals surface area contributed by atoms with Crippen LogP contribution in [0, 0.1) is 11.3 Å². The molecule has 0 aliphatic heterocycles. The van der Waals surface area contributed by atoms with Crippen LogP contribution in [-0.4, -0.2) is 22.0 Å². The van der Waals surface area contributed by atoms with Crippen LogP contribution in [-0.2, 0) is 20.0 Å². The number of nitriles is 1. The van der Waals surface area contributed by atoms with Crippen molar-refractivity contribution in [2.45, 2.75) is 19.4 Å². The quantitative estimate of drug-likeness (QED) is 0.401. The number of rotatable bonds is 9. The lowest BCUT2D eigenvalue weighted by molar-refractivity contribution is 0.100. The summed E-state index contributed by atoms with van der Waals surface area (Å²) in [6.45, 7) is 1.61. The van der Waals surface area contributed by atoms with E-state index < -0.39 is 5.91 Å². The summed E-state index contributed by atoms with van der Waals surface area (Å²) in [6.07, 6.45) is 5.59. The van der Waals surface area contributed by atoms with Crippen molar-refractivity contribution >= 4 is 11.6 Å². The van der Waals surface area contributed by atoms with Crippen LogP contribution < -0.4 is 10.6 Å². The van der Waals surface area contributed by atoms with Crippen LogP contribution in [0.1, 0.15) is 33.6 Å². The van der Waals surface area contributed by atoms with Crippen molar-refractivity contribution in [2.75, 3.05) is 11.4 Å². The lowest BCUT2D eigenvalue weighted by Crippen LogP contribution is -2.25. The van der Waals surface area contributed by atoms with Crippen LogP contribution in [0.5, 0.6) is 0 Å². The van der Waals surface area contributed by atoms with Crippen molar-refractivity contribution in [1.82, 2.24) is 9.55 Å². The van der Waals surface area contributed by atoms with E-state index in [1.54, 1.807) is 6.07 Å². The highest BCUT2D eigenvalue weighted by Gasteiger charge is 2.11. The summed E-state index contributed by atoms with van der Waals surface area (Å²) < 4.78 is 2.03. The van der Waals surface area contributed by atoms with Gasteiger partial charge in [0.25, 0.3) is 0 Å². The number of amides is 1. The third-order valence-corrected chi connectivity index (χ3v) is 5.98. The average molecular weight is 450 g/mol. The van der Waals surface area contributed by atoms with Gasteiger partial charge in [0, 0.05) is 31.0 Å². The highest BCUT2D eigenvalue weighted by Crippen LogP contribution is 2.24. The summed E-state index contributed by atoms with van der Waals surface area (Å²) in [4.78, 5) is 18.3. The number of benzene rings is 3. The van der Waals surface area contributed by atoms with Crippen molar-refractivity contribution in [3.05, 3.63) is 108 Å². The Kier molecular flexibility index (Phi) is 7.04. The number of nitrogens with two attached hydrogens (primary N) is 1. The third-order valence-electron chi connectivity index (χ3n) is 5.98. The molecule has 6 nitrogen and oxygen atoms in total. The molecular weight excluding hydrogens is 422 g/mol. The van der Waals surface area contributed by atoms with Crippen LogP contribution in [0.2, 0.25) is 0 Å². The van der Waals surface area contributed by atoms with E-state index >= 15 is 0 Å². The molecule has 170 valence electrons. The first-order chi connectivity index (χ1) is 16.5. The van der Waals surface area contributed by atoms with E-state index in [4.69, 9.17) is 11.0 Å². The maximum Gasteiger partial charge on any atom is 0.249 e. The summed E-state index contributed by atoms with van der Waals surface area (Å²) in [5, 5.41) is 9.11. The molecule has 1 amide bonds. The summed E-state index contributed by atoms with van der Waals surface area (Å²) in [5.41, 5.74) is 12.0. The fourth-order valence-corrected chi connectivity index (χ4v) is 4.05. The standard InChI is InChI=1S/C28H27N5O/c1-32-20-31-18-25(32)19-33(24-14-10-22(17-29)11-15-24)16-4-5-21-8-12-23(13-9-21)26-6-2-3-7-27(26)28(30)34/h2-3,6-15,18,20H,4-5,16,19H2,1H3,(H2,30,34). The number of hydrogen-bond acceptors (Lipinski definition) is 4. The number of primary amides is 1. The fourth-order valence-electron chi connectivity index (χ4n) is 4.05. The van der Waals surface area contributed by atoms with E-state index in [2.05, 4.69) is 28.1 Å². The molecule has 0 saturated heterocycles. The second-order valence-corrected chi connectivity index (χ2v) is 8.29. The first-order valence-electron chi connectivity index (χ1n) is 11.2. The lowest BCUT2D eigenvalue weighted by Gasteiger charge is -2.25. The summed E-state index contributed by atoms with van der Waals surface area (Å²) in [6, 6.07) is 25.6. The van der Waals surface area contributed by atoms with E-state index in [9.17, 15) is 4.79 Å². The number of nitrogens with zero attached hydrogens (tertiary/aromatic N) is 4. The van der Waals surface area contributed by atoms with Gasteiger partial charge in [0.1, 0.15) is 0 Å². The zero-order valence-corrected chi connectivity index (χ0v) is 19.2. The van der Waals surface area contributed by atoms with Gasteiger partial charge in [-0.25, -0.2) is 4.98 Å². The van der Waals surface area contributed by atoms with Gasteiger partial charge in [-0.1, -0.05) is 42.5 Å². The Morgan fingerprint density at radius 2 is 1.79 bits per heavy atom. The normalized spacial score (nSPS) is 10.6. The largest absolute Gasteiger partial charge is 0.366 e. The molecule has 0 saturated carbocycles. The van der Waals surface area contributed by atoms with Gasteiger partial charge < -0.3 is 15.2 Å². The van der Waals surface area contributed by atoms with Gasteiger partial charge in [-0.2, -0.15) is 5.26 Å². The third kappa shape index (κ3) is 5.33. The molecule has 6 heteroatoms. The van der Waals surface area contributed by atoms with Crippen LogP contribution in [0.15, 0.2) is 85.3 Å². The number of carbonyl (C=O) groups excluding carboxylic acids is 1. The summed E-state index contributed by atoms with van der Waals surface area (Å²) >= 11 is 0. The molecule has 4 aromatic rings. The number of hydrogen-bond donors (Lipinski definition) is 1. The van der Waals surface area contributed by atoms with Crippen LogP contribution in [0.25, 0.3) is 11.1 Å². The van der Waals surface area contributed by atoms with E-state index in [-0.39, 0.29) is 0 Å². The van der Waals surface area contributed by atoms with Gasteiger partial charge in [0.2, 0.25) is 5.91 Å². The molecule has 34 heavy (non-hydrogen) atoms. The monoisotopic (exact) mass is 449 g/mol. The Balaban J connectivity index is 1.44. The van der Waals surface area contributed by atoms with Crippen molar-refractivity contribution in [3.63, 3.8) is 0 Å². The maximum atomic E-state index is 11.8. The van der Waals surface area contributed by atoms with E-state index in [1.165, 1.54) is 5.56 Å². The number of anilines is 1. The highest BCUT2D eigenvalue weighted by molar-refractivity contribution is 5.99. The Labute approximate surface area is 199 Å².